The summed E-state index contributed by atoms with van der Waals surface area (Å²) in [5.41, 5.74) is 5.95. The quantitative estimate of drug-likeness (QED) is 0.571. The van der Waals surface area contributed by atoms with E-state index in [4.69, 9.17) is 10.2 Å². The largest absolute Gasteiger partial charge is 0.459 e. The predicted molar refractivity (Wildman–Crippen MR) is 102 cm³/mol. The molecular formula is C18H21N5O3S. The smallest absolute Gasteiger partial charge is 0.231 e. The number of rotatable bonds is 8. The zero-order valence-electron chi connectivity index (χ0n) is 15.1. The molecule has 0 aliphatic heterocycles. The number of hydrogen-bond acceptors (Lipinski definition) is 6. The standard InChI is InChI=1S/C18H21N5O3S/c1-11(14-9-12-5-3-4-6-13(12)26-14)20-17(25)10-27-18-22-21-16(23(18)2)8-7-15(19)24/h3-6,9,11H,7-8,10H2,1-2H3,(H2,19,24)(H,20,25)/t11-/m1/s1. The minimum Gasteiger partial charge on any atom is -0.459 e. The zero-order chi connectivity index (χ0) is 19.4. The highest BCUT2D eigenvalue weighted by molar-refractivity contribution is 7.99. The van der Waals surface area contributed by atoms with E-state index in [0.717, 1.165) is 11.0 Å². The molecule has 0 aliphatic carbocycles. The van der Waals surface area contributed by atoms with E-state index in [9.17, 15) is 9.59 Å². The molecule has 0 bridgehead atoms. The molecule has 0 aliphatic rings. The van der Waals surface area contributed by atoms with Crippen molar-refractivity contribution in [3.63, 3.8) is 0 Å². The molecule has 3 aromatic rings. The molecule has 27 heavy (non-hydrogen) atoms. The molecule has 9 heteroatoms. The van der Waals surface area contributed by atoms with Crippen LogP contribution < -0.4 is 11.1 Å². The molecule has 1 atom stereocenters. The topological polar surface area (TPSA) is 116 Å². The van der Waals surface area contributed by atoms with Crippen LogP contribution in [0.15, 0.2) is 39.9 Å². The number of aryl methyl sites for hydroxylation is 1. The molecule has 1 aromatic carbocycles. The van der Waals surface area contributed by atoms with Crippen molar-refractivity contribution in [2.24, 2.45) is 12.8 Å². The number of furan rings is 1. The van der Waals surface area contributed by atoms with E-state index in [2.05, 4.69) is 15.5 Å². The minimum atomic E-state index is -0.383. The number of hydrogen-bond donors (Lipinski definition) is 2. The summed E-state index contributed by atoms with van der Waals surface area (Å²) in [5, 5.41) is 12.6. The number of primary amides is 1. The number of para-hydroxylation sites is 1. The lowest BCUT2D eigenvalue weighted by Crippen LogP contribution is -2.28. The lowest BCUT2D eigenvalue weighted by Gasteiger charge is -2.11. The Bertz CT molecular complexity index is 932. The Kier molecular flexibility index (Phi) is 5.80. The van der Waals surface area contributed by atoms with Gasteiger partial charge in [-0.2, -0.15) is 0 Å². The van der Waals surface area contributed by atoms with E-state index in [-0.39, 0.29) is 30.0 Å². The fourth-order valence-electron chi connectivity index (χ4n) is 2.62. The fourth-order valence-corrected chi connectivity index (χ4v) is 3.36. The second-order valence-electron chi connectivity index (χ2n) is 6.19. The molecule has 0 saturated heterocycles. The van der Waals surface area contributed by atoms with Crippen LogP contribution in [0.5, 0.6) is 0 Å². The second kappa shape index (κ2) is 8.26. The maximum atomic E-state index is 12.3. The van der Waals surface area contributed by atoms with Crippen LogP contribution in [0.4, 0.5) is 0 Å². The summed E-state index contributed by atoms with van der Waals surface area (Å²) in [6.07, 6.45) is 0.640. The van der Waals surface area contributed by atoms with Crippen molar-refractivity contribution in [1.29, 1.82) is 0 Å². The first-order valence-corrected chi connectivity index (χ1v) is 9.50. The molecule has 0 unspecified atom stereocenters. The number of carbonyl (C=O) groups excluding carboxylic acids is 2. The first-order valence-electron chi connectivity index (χ1n) is 8.51. The van der Waals surface area contributed by atoms with Gasteiger partial charge in [0.2, 0.25) is 11.8 Å². The maximum absolute atomic E-state index is 12.3. The van der Waals surface area contributed by atoms with Gasteiger partial charge in [-0.25, -0.2) is 0 Å². The van der Waals surface area contributed by atoms with Gasteiger partial charge in [0.15, 0.2) is 5.16 Å². The Hall–Kier alpha value is -2.81. The number of nitrogens with one attached hydrogen (secondary N) is 1. The molecule has 0 fully saturated rings. The van der Waals surface area contributed by atoms with Crippen molar-refractivity contribution in [2.45, 2.75) is 31.0 Å². The van der Waals surface area contributed by atoms with Gasteiger partial charge in [0.05, 0.1) is 11.8 Å². The first-order chi connectivity index (χ1) is 12.9. The number of aromatic nitrogens is 3. The molecule has 2 amide bonds. The van der Waals surface area contributed by atoms with Gasteiger partial charge in [-0.3, -0.25) is 9.59 Å². The molecule has 8 nitrogen and oxygen atoms in total. The van der Waals surface area contributed by atoms with Gasteiger partial charge in [-0.1, -0.05) is 30.0 Å². The third-order valence-corrected chi connectivity index (χ3v) is 5.12. The summed E-state index contributed by atoms with van der Waals surface area (Å²) in [6.45, 7) is 1.88. The van der Waals surface area contributed by atoms with Gasteiger partial charge >= 0.3 is 0 Å². The van der Waals surface area contributed by atoms with E-state index >= 15 is 0 Å². The van der Waals surface area contributed by atoms with Crippen molar-refractivity contribution < 1.29 is 14.0 Å². The monoisotopic (exact) mass is 387 g/mol. The summed E-state index contributed by atoms with van der Waals surface area (Å²) in [5.74, 6) is 1.06. The van der Waals surface area contributed by atoms with E-state index in [1.54, 1.807) is 11.6 Å². The van der Waals surface area contributed by atoms with Crippen LogP contribution in [0.1, 0.15) is 31.0 Å². The van der Waals surface area contributed by atoms with E-state index in [1.165, 1.54) is 11.8 Å². The maximum Gasteiger partial charge on any atom is 0.231 e. The van der Waals surface area contributed by atoms with E-state index < -0.39 is 0 Å². The summed E-state index contributed by atoms with van der Waals surface area (Å²) in [4.78, 5) is 23.1. The van der Waals surface area contributed by atoms with Crippen molar-refractivity contribution in [2.75, 3.05) is 5.75 Å². The lowest BCUT2D eigenvalue weighted by atomic mass is 10.2. The highest BCUT2D eigenvalue weighted by Crippen LogP contribution is 2.24. The molecule has 0 saturated carbocycles. The number of nitrogens with zero attached hydrogens (tertiary/aromatic N) is 3. The van der Waals surface area contributed by atoms with Crippen LogP contribution in [0.3, 0.4) is 0 Å². The fraction of sp³-hybridized carbons (Fsp3) is 0.333. The third-order valence-electron chi connectivity index (χ3n) is 4.10. The molecule has 0 spiro atoms. The average molecular weight is 387 g/mol. The summed E-state index contributed by atoms with van der Waals surface area (Å²) in [7, 11) is 1.80. The number of nitrogens with two attached hydrogens (primary N) is 1. The summed E-state index contributed by atoms with van der Waals surface area (Å²) >= 11 is 1.28. The Labute approximate surface area is 160 Å². The second-order valence-corrected chi connectivity index (χ2v) is 7.13. The molecule has 3 rings (SSSR count). The summed E-state index contributed by atoms with van der Waals surface area (Å²) < 4.78 is 7.54. The van der Waals surface area contributed by atoms with Crippen molar-refractivity contribution in [1.82, 2.24) is 20.1 Å². The van der Waals surface area contributed by atoms with Gasteiger partial charge in [-0.15, -0.1) is 10.2 Å². The van der Waals surface area contributed by atoms with E-state index in [1.807, 2.05) is 37.3 Å². The van der Waals surface area contributed by atoms with Crippen molar-refractivity contribution >= 4 is 34.5 Å². The van der Waals surface area contributed by atoms with Crippen LogP contribution in [-0.4, -0.2) is 32.3 Å². The molecule has 2 heterocycles. The Morgan fingerprint density at radius 1 is 1.33 bits per heavy atom. The lowest BCUT2D eigenvalue weighted by molar-refractivity contribution is -0.119. The van der Waals surface area contributed by atoms with Gasteiger partial charge < -0.3 is 20.0 Å². The third kappa shape index (κ3) is 4.68. The molecular weight excluding hydrogens is 366 g/mol. The molecule has 2 aromatic heterocycles. The van der Waals surface area contributed by atoms with Crippen LogP contribution in [0, 0.1) is 0 Å². The Morgan fingerprint density at radius 3 is 2.85 bits per heavy atom. The van der Waals surface area contributed by atoms with Crippen LogP contribution in [0.25, 0.3) is 11.0 Å². The number of fused-ring (bicyclic) bond motifs is 1. The number of amides is 2. The van der Waals surface area contributed by atoms with Crippen LogP contribution in [0.2, 0.25) is 0 Å². The van der Waals surface area contributed by atoms with Gasteiger partial charge in [-0.05, 0) is 19.1 Å². The molecule has 0 radical (unpaired) electrons. The number of benzene rings is 1. The zero-order valence-corrected chi connectivity index (χ0v) is 16.0. The highest BCUT2D eigenvalue weighted by Gasteiger charge is 2.16. The average Bonchev–Trinajstić information content (AvgIpc) is 3.22. The normalized spacial score (nSPS) is 12.2. The Balaban J connectivity index is 1.54. The van der Waals surface area contributed by atoms with Gasteiger partial charge in [0.25, 0.3) is 0 Å². The van der Waals surface area contributed by atoms with Crippen molar-refractivity contribution in [3.05, 3.63) is 41.9 Å². The predicted octanol–water partition coefficient (Wildman–Crippen LogP) is 1.95. The first kappa shape index (κ1) is 19.0. The highest BCUT2D eigenvalue weighted by atomic mass is 32.2. The van der Waals surface area contributed by atoms with Crippen LogP contribution in [-0.2, 0) is 23.1 Å². The van der Waals surface area contributed by atoms with Gasteiger partial charge in [0, 0.05) is 25.3 Å². The van der Waals surface area contributed by atoms with Crippen molar-refractivity contribution in [3.8, 4) is 0 Å². The number of carbonyl (C=O) groups is 2. The Morgan fingerprint density at radius 2 is 2.11 bits per heavy atom. The van der Waals surface area contributed by atoms with Gasteiger partial charge in [0.1, 0.15) is 17.2 Å². The minimum absolute atomic E-state index is 0.130. The number of thioether (sulfide) groups is 1. The van der Waals surface area contributed by atoms with E-state index in [0.29, 0.717) is 23.2 Å². The summed E-state index contributed by atoms with van der Waals surface area (Å²) in [6, 6.07) is 9.41. The SMILES string of the molecule is C[C@@H](NC(=O)CSc1nnc(CCC(N)=O)n1C)c1cc2ccccc2o1. The molecule has 3 N–H and O–H groups in total. The molecule has 142 valence electrons. The van der Waals surface area contributed by atoms with Crippen LogP contribution >= 0.6 is 11.8 Å².